The average Bonchev–Trinajstić information content (AvgIpc) is 3.30. The fraction of sp³-hybridized carbons (Fsp3) is 0.222. The molecule has 3 aromatic carbocycles. The standard InChI is InChI=1S/C27H24F3N3O4S/c1-3-36-26(34)24-25(33(32-31-24)16-18-6-12-22(35-2)13-7-18)38-17-19-4-8-20(9-5-19)21-10-14-23(15-11-21)37-27(28,29)30/h4-15H,3,16-17H2,1-2H3. The van der Waals surface area contributed by atoms with Crippen molar-refractivity contribution >= 4 is 17.7 Å². The van der Waals surface area contributed by atoms with E-state index in [2.05, 4.69) is 15.0 Å². The third kappa shape index (κ3) is 7.06. The lowest BCUT2D eigenvalue weighted by Crippen LogP contribution is -2.16. The summed E-state index contributed by atoms with van der Waals surface area (Å²) in [4.78, 5) is 12.5. The molecule has 0 bridgehead atoms. The van der Waals surface area contributed by atoms with Crippen molar-refractivity contribution in [2.75, 3.05) is 13.7 Å². The van der Waals surface area contributed by atoms with Crippen LogP contribution in [-0.2, 0) is 17.0 Å². The molecule has 1 aromatic heterocycles. The van der Waals surface area contributed by atoms with E-state index in [0.29, 0.717) is 17.3 Å². The van der Waals surface area contributed by atoms with Crippen LogP contribution < -0.4 is 9.47 Å². The lowest BCUT2D eigenvalue weighted by molar-refractivity contribution is -0.274. The summed E-state index contributed by atoms with van der Waals surface area (Å²) in [6, 6.07) is 20.8. The van der Waals surface area contributed by atoms with Gasteiger partial charge in [-0.3, -0.25) is 0 Å². The van der Waals surface area contributed by atoms with Gasteiger partial charge in [-0.2, -0.15) is 0 Å². The van der Waals surface area contributed by atoms with Gasteiger partial charge in [0.25, 0.3) is 0 Å². The molecule has 0 aliphatic heterocycles. The summed E-state index contributed by atoms with van der Waals surface area (Å²) in [5.41, 5.74) is 3.69. The molecule has 7 nitrogen and oxygen atoms in total. The van der Waals surface area contributed by atoms with Crippen LogP contribution in [0.4, 0.5) is 13.2 Å². The molecule has 0 fully saturated rings. The second kappa shape index (κ2) is 12.0. The van der Waals surface area contributed by atoms with E-state index in [1.165, 1.54) is 23.9 Å². The number of carbonyl (C=O) groups excluding carboxylic acids is 1. The number of ether oxygens (including phenoxy) is 3. The van der Waals surface area contributed by atoms with Gasteiger partial charge in [-0.25, -0.2) is 9.48 Å². The zero-order valence-electron chi connectivity index (χ0n) is 20.6. The molecule has 0 amide bonds. The van der Waals surface area contributed by atoms with Crippen LogP contribution in [-0.4, -0.2) is 41.0 Å². The fourth-order valence-corrected chi connectivity index (χ4v) is 4.58. The van der Waals surface area contributed by atoms with E-state index in [1.54, 1.807) is 30.8 Å². The predicted octanol–water partition coefficient (Wildman–Crippen LogP) is 6.37. The normalized spacial score (nSPS) is 11.3. The van der Waals surface area contributed by atoms with Crippen molar-refractivity contribution in [2.24, 2.45) is 0 Å². The van der Waals surface area contributed by atoms with Crippen LogP contribution in [0.2, 0.25) is 0 Å². The molecule has 1 heterocycles. The highest BCUT2D eigenvalue weighted by Crippen LogP contribution is 2.30. The Balaban J connectivity index is 1.48. The largest absolute Gasteiger partial charge is 0.573 e. The number of hydrogen-bond acceptors (Lipinski definition) is 7. The first-order valence-electron chi connectivity index (χ1n) is 11.6. The zero-order valence-corrected chi connectivity index (χ0v) is 21.4. The van der Waals surface area contributed by atoms with E-state index in [-0.39, 0.29) is 18.1 Å². The van der Waals surface area contributed by atoms with Crippen molar-refractivity contribution in [1.82, 2.24) is 15.0 Å². The summed E-state index contributed by atoms with van der Waals surface area (Å²) in [7, 11) is 1.60. The Bertz CT molecular complexity index is 1360. The number of halogens is 3. The summed E-state index contributed by atoms with van der Waals surface area (Å²) < 4.78 is 53.1. The molecule has 0 aliphatic carbocycles. The van der Waals surface area contributed by atoms with Gasteiger partial charge < -0.3 is 14.2 Å². The summed E-state index contributed by atoms with van der Waals surface area (Å²) in [6.07, 6.45) is -4.73. The molecular weight excluding hydrogens is 519 g/mol. The van der Waals surface area contributed by atoms with E-state index in [4.69, 9.17) is 9.47 Å². The van der Waals surface area contributed by atoms with Crippen molar-refractivity contribution in [3.63, 3.8) is 0 Å². The van der Waals surface area contributed by atoms with E-state index in [9.17, 15) is 18.0 Å². The van der Waals surface area contributed by atoms with Crippen LogP contribution in [0, 0.1) is 0 Å². The highest BCUT2D eigenvalue weighted by atomic mass is 32.2. The molecule has 0 saturated carbocycles. The molecule has 198 valence electrons. The monoisotopic (exact) mass is 543 g/mol. The first-order chi connectivity index (χ1) is 18.3. The summed E-state index contributed by atoms with van der Waals surface area (Å²) in [5, 5.41) is 8.84. The van der Waals surface area contributed by atoms with Crippen LogP contribution in [0.25, 0.3) is 11.1 Å². The number of thioether (sulfide) groups is 1. The number of alkyl halides is 3. The first-order valence-corrected chi connectivity index (χ1v) is 12.6. The maximum Gasteiger partial charge on any atom is 0.573 e. The molecule has 0 unspecified atom stereocenters. The molecule has 0 radical (unpaired) electrons. The smallest absolute Gasteiger partial charge is 0.497 e. The predicted molar refractivity (Wildman–Crippen MR) is 136 cm³/mol. The third-order valence-electron chi connectivity index (χ3n) is 5.40. The number of rotatable bonds is 10. The number of carbonyl (C=O) groups is 1. The summed E-state index contributed by atoms with van der Waals surface area (Å²) in [6.45, 7) is 2.36. The summed E-state index contributed by atoms with van der Waals surface area (Å²) in [5.74, 6) is 0.458. The Morgan fingerprint density at radius 1 is 0.895 bits per heavy atom. The van der Waals surface area contributed by atoms with Crippen LogP contribution >= 0.6 is 11.8 Å². The number of nitrogens with zero attached hydrogens (tertiary/aromatic N) is 3. The SMILES string of the molecule is CCOC(=O)c1nnn(Cc2ccc(OC)cc2)c1SCc1ccc(-c2ccc(OC(F)(F)F)cc2)cc1. The second-order valence-corrected chi connectivity index (χ2v) is 8.99. The van der Waals surface area contributed by atoms with Gasteiger partial charge in [0.2, 0.25) is 5.69 Å². The first kappa shape index (κ1) is 27.1. The summed E-state index contributed by atoms with van der Waals surface area (Å²) >= 11 is 1.41. The van der Waals surface area contributed by atoms with Gasteiger partial charge >= 0.3 is 12.3 Å². The van der Waals surface area contributed by atoms with Gasteiger partial charge in [0.1, 0.15) is 16.5 Å². The van der Waals surface area contributed by atoms with E-state index < -0.39 is 12.3 Å². The van der Waals surface area contributed by atoms with Gasteiger partial charge in [-0.05, 0) is 53.4 Å². The van der Waals surface area contributed by atoms with Gasteiger partial charge in [-0.1, -0.05) is 65.5 Å². The molecule has 0 aliphatic rings. The van der Waals surface area contributed by atoms with E-state index in [0.717, 1.165) is 28.0 Å². The zero-order chi connectivity index (χ0) is 27.1. The van der Waals surface area contributed by atoms with Gasteiger partial charge in [0.15, 0.2) is 0 Å². The number of benzene rings is 3. The van der Waals surface area contributed by atoms with Crippen molar-refractivity contribution in [1.29, 1.82) is 0 Å². The Kier molecular flexibility index (Phi) is 8.57. The molecule has 4 rings (SSSR count). The molecule has 0 spiro atoms. The highest BCUT2D eigenvalue weighted by molar-refractivity contribution is 7.98. The maximum atomic E-state index is 12.5. The van der Waals surface area contributed by atoms with E-state index in [1.807, 2.05) is 48.5 Å². The average molecular weight is 544 g/mol. The lowest BCUT2D eigenvalue weighted by Gasteiger charge is -2.10. The highest BCUT2D eigenvalue weighted by Gasteiger charge is 2.31. The van der Waals surface area contributed by atoms with Gasteiger partial charge in [0.05, 0.1) is 20.3 Å². The fourth-order valence-electron chi connectivity index (χ4n) is 3.58. The van der Waals surface area contributed by atoms with Gasteiger partial charge in [0, 0.05) is 5.75 Å². The molecule has 0 saturated heterocycles. The molecule has 0 N–H and O–H groups in total. The van der Waals surface area contributed by atoms with Crippen LogP contribution in [0.3, 0.4) is 0 Å². The number of aromatic nitrogens is 3. The second-order valence-electron chi connectivity index (χ2n) is 8.03. The van der Waals surface area contributed by atoms with Crippen molar-refractivity contribution in [3.8, 4) is 22.6 Å². The molecule has 11 heteroatoms. The van der Waals surface area contributed by atoms with Gasteiger partial charge in [-0.15, -0.1) is 18.3 Å². The number of hydrogen-bond donors (Lipinski definition) is 0. The Morgan fingerprint density at radius 2 is 1.47 bits per heavy atom. The Labute approximate surface area is 221 Å². The third-order valence-corrected chi connectivity index (χ3v) is 6.56. The quantitative estimate of drug-likeness (QED) is 0.170. The lowest BCUT2D eigenvalue weighted by atomic mass is 10.0. The van der Waals surface area contributed by atoms with Crippen molar-refractivity contribution < 1.29 is 32.2 Å². The minimum absolute atomic E-state index is 0.156. The Morgan fingerprint density at radius 3 is 2.05 bits per heavy atom. The molecule has 38 heavy (non-hydrogen) atoms. The number of methoxy groups -OCH3 is 1. The van der Waals surface area contributed by atoms with E-state index >= 15 is 0 Å². The topological polar surface area (TPSA) is 75.5 Å². The van der Waals surface area contributed by atoms with Crippen molar-refractivity contribution in [2.45, 2.75) is 30.6 Å². The number of esters is 1. The van der Waals surface area contributed by atoms with Crippen molar-refractivity contribution in [3.05, 3.63) is 89.6 Å². The van der Waals surface area contributed by atoms with Crippen LogP contribution in [0.15, 0.2) is 77.8 Å². The molecule has 0 atom stereocenters. The minimum atomic E-state index is -4.73. The maximum absolute atomic E-state index is 12.5. The Hall–Kier alpha value is -3.99. The molecule has 4 aromatic rings. The minimum Gasteiger partial charge on any atom is -0.497 e. The van der Waals surface area contributed by atoms with Crippen LogP contribution in [0.5, 0.6) is 11.5 Å². The van der Waals surface area contributed by atoms with Crippen LogP contribution in [0.1, 0.15) is 28.5 Å². The molecular formula is C27H24F3N3O4S.